The molecule has 2 rings (SSSR count). The molecule has 2 heterocycles. The average molecular weight is 253 g/mol. The van der Waals surface area contributed by atoms with E-state index in [1.165, 1.54) is 23.4 Å². The number of hydrogen-bond donors (Lipinski definition) is 0. The summed E-state index contributed by atoms with van der Waals surface area (Å²) in [6.07, 6.45) is 4.42. The zero-order valence-electron chi connectivity index (χ0n) is 10.7. The fraction of sp³-hybridized carbons (Fsp3) is 0.692. The van der Waals surface area contributed by atoms with E-state index in [0.717, 1.165) is 25.9 Å². The topological polar surface area (TPSA) is 24.2 Å². The van der Waals surface area contributed by atoms with Gasteiger partial charge in [-0.3, -0.25) is 4.79 Å². The summed E-state index contributed by atoms with van der Waals surface area (Å²) < 4.78 is 2.14. The first kappa shape index (κ1) is 12.6. The van der Waals surface area contributed by atoms with E-state index in [1.807, 2.05) is 4.90 Å². The molecular weight excluding hydrogens is 232 g/mol. The summed E-state index contributed by atoms with van der Waals surface area (Å²) in [6.45, 7) is 6.77. The highest BCUT2D eigenvalue weighted by atomic mass is 32.1. The summed E-state index contributed by atoms with van der Waals surface area (Å²) in [7, 11) is 0. The fourth-order valence-corrected chi connectivity index (χ4v) is 3.47. The second-order valence-corrected chi connectivity index (χ2v) is 5.46. The van der Waals surface area contributed by atoms with E-state index < -0.39 is 0 Å². The van der Waals surface area contributed by atoms with Crippen molar-refractivity contribution in [3.05, 3.63) is 16.1 Å². The zero-order valence-corrected chi connectivity index (χ0v) is 11.6. The van der Waals surface area contributed by atoms with Gasteiger partial charge in [0.1, 0.15) is 0 Å². The Hall–Kier alpha value is -0.900. The van der Waals surface area contributed by atoms with Gasteiger partial charge in [-0.1, -0.05) is 25.2 Å². The van der Waals surface area contributed by atoms with Gasteiger partial charge in [-0.25, -0.2) is 0 Å². The highest BCUT2D eigenvalue weighted by Crippen LogP contribution is 2.13. The Bertz CT molecular complexity index is 394. The minimum absolute atomic E-state index is 0.280. The van der Waals surface area contributed by atoms with Crippen LogP contribution >= 0.6 is 11.3 Å². The quantitative estimate of drug-likeness (QED) is 0.751. The lowest BCUT2D eigenvalue weighted by molar-refractivity contribution is -0.687. The number of hydrogen-bond acceptors (Lipinski definition) is 2. The third kappa shape index (κ3) is 2.68. The Kier molecular flexibility index (Phi) is 4.15. The smallest absolute Gasteiger partial charge is 0.288 e. The number of nitrogens with zero attached hydrogens (tertiary/aromatic N) is 2. The number of rotatable bonds is 4. The lowest BCUT2D eigenvalue weighted by Gasteiger charge is -2.12. The molecule has 0 radical (unpaired) electrons. The van der Waals surface area contributed by atoms with Crippen molar-refractivity contribution in [1.82, 2.24) is 4.90 Å². The molecule has 1 aliphatic rings. The van der Waals surface area contributed by atoms with E-state index in [-0.39, 0.29) is 5.91 Å². The van der Waals surface area contributed by atoms with Crippen LogP contribution in [0.1, 0.15) is 37.3 Å². The largest absolute Gasteiger partial charge is 0.337 e. The predicted molar refractivity (Wildman–Crippen MR) is 69.1 cm³/mol. The van der Waals surface area contributed by atoms with Crippen LogP contribution in [0.5, 0.6) is 0 Å². The van der Waals surface area contributed by atoms with Crippen LogP contribution in [0, 0.1) is 0 Å². The maximum absolute atomic E-state index is 12.1. The van der Waals surface area contributed by atoms with Crippen molar-refractivity contribution in [2.45, 2.75) is 46.1 Å². The molecule has 0 aromatic carbocycles. The van der Waals surface area contributed by atoms with Gasteiger partial charge >= 0.3 is 0 Å². The molecule has 1 aromatic heterocycles. The van der Waals surface area contributed by atoms with Crippen molar-refractivity contribution in [2.75, 3.05) is 13.1 Å². The number of amides is 1. The van der Waals surface area contributed by atoms with Crippen LogP contribution in [0.4, 0.5) is 0 Å². The Labute approximate surface area is 107 Å². The highest BCUT2D eigenvalue weighted by Gasteiger charge is 2.24. The Morgan fingerprint density at radius 2 is 2.06 bits per heavy atom. The van der Waals surface area contributed by atoms with Gasteiger partial charge < -0.3 is 4.90 Å². The van der Waals surface area contributed by atoms with E-state index >= 15 is 0 Å². The normalized spacial score (nSPS) is 15.5. The van der Waals surface area contributed by atoms with Gasteiger partial charge in [-0.05, 0) is 19.3 Å². The molecule has 1 fully saturated rings. The number of thiazole rings is 1. The molecule has 0 bridgehead atoms. The molecule has 0 saturated carbocycles. The zero-order chi connectivity index (χ0) is 12.3. The molecule has 0 spiro atoms. The van der Waals surface area contributed by atoms with Crippen LogP contribution in [-0.2, 0) is 24.2 Å². The van der Waals surface area contributed by atoms with E-state index in [1.54, 1.807) is 11.3 Å². The van der Waals surface area contributed by atoms with Crippen molar-refractivity contribution in [3.63, 3.8) is 0 Å². The van der Waals surface area contributed by atoms with Crippen molar-refractivity contribution in [3.8, 4) is 0 Å². The molecule has 0 atom stereocenters. The van der Waals surface area contributed by atoms with E-state index in [0.29, 0.717) is 6.54 Å². The minimum atomic E-state index is 0.280. The van der Waals surface area contributed by atoms with Gasteiger partial charge in [0.25, 0.3) is 5.91 Å². The molecule has 1 amide bonds. The molecule has 17 heavy (non-hydrogen) atoms. The number of carbonyl (C=O) groups excluding carboxylic acids is 1. The minimum Gasteiger partial charge on any atom is -0.337 e. The van der Waals surface area contributed by atoms with E-state index in [4.69, 9.17) is 0 Å². The van der Waals surface area contributed by atoms with Gasteiger partial charge in [-0.2, -0.15) is 4.57 Å². The maximum atomic E-state index is 12.1. The lowest BCUT2D eigenvalue weighted by atomic mass is 10.2. The van der Waals surface area contributed by atoms with Gasteiger partial charge in [0.05, 0.1) is 4.88 Å². The van der Waals surface area contributed by atoms with Crippen LogP contribution in [0.3, 0.4) is 0 Å². The molecule has 0 unspecified atom stereocenters. The summed E-state index contributed by atoms with van der Waals surface area (Å²) >= 11 is 1.78. The lowest BCUT2D eigenvalue weighted by Crippen LogP contribution is -2.45. The maximum Gasteiger partial charge on any atom is 0.288 e. The number of aromatic nitrogens is 1. The summed E-state index contributed by atoms with van der Waals surface area (Å²) in [4.78, 5) is 15.5. The van der Waals surface area contributed by atoms with Gasteiger partial charge in [0, 0.05) is 19.5 Å². The monoisotopic (exact) mass is 253 g/mol. The van der Waals surface area contributed by atoms with Crippen LogP contribution in [0.15, 0.2) is 5.51 Å². The number of aryl methyl sites for hydroxylation is 1. The molecule has 1 saturated heterocycles. The standard InChI is InChI=1S/C13H21N2OS/c1-3-11-12(4-2)17-10-15(11)9-13(16)14-7-5-6-8-14/h10H,3-9H2,1-2H3/q+1. The highest BCUT2D eigenvalue weighted by molar-refractivity contribution is 7.09. The second-order valence-electron chi connectivity index (χ2n) is 4.52. The van der Waals surface area contributed by atoms with E-state index in [2.05, 4.69) is 23.9 Å². The van der Waals surface area contributed by atoms with Crippen molar-refractivity contribution in [1.29, 1.82) is 0 Å². The van der Waals surface area contributed by atoms with Crippen molar-refractivity contribution < 1.29 is 9.36 Å². The van der Waals surface area contributed by atoms with Crippen LogP contribution in [0.2, 0.25) is 0 Å². The van der Waals surface area contributed by atoms with Gasteiger partial charge in [0.2, 0.25) is 12.1 Å². The van der Waals surface area contributed by atoms with Crippen LogP contribution in [0.25, 0.3) is 0 Å². The molecule has 1 aromatic rings. The van der Waals surface area contributed by atoms with Crippen molar-refractivity contribution in [2.24, 2.45) is 0 Å². The summed E-state index contributed by atoms with van der Waals surface area (Å²) in [5.41, 5.74) is 3.44. The summed E-state index contributed by atoms with van der Waals surface area (Å²) in [6, 6.07) is 0. The molecule has 3 nitrogen and oxygen atoms in total. The third-order valence-corrected chi connectivity index (χ3v) is 4.58. The third-order valence-electron chi connectivity index (χ3n) is 3.41. The molecule has 0 aliphatic carbocycles. The first-order valence-corrected chi connectivity index (χ1v) is 7.40. The van der Waals surface area contributed by atoms with Crippen LogP contribution in [-0.4, -0.2) is 23.9 Å². The molecule has 4 heteroatoms. The van der Waals surface area contributed by atoms with Crippen LogP contribution < -0.4 is 4.57 Å². The Morgan fingerprint density at radius 3 is 2.65 bits per heavy atom. The molecule has 0 N–H and O–H groups in total. The molecule has 94 valence electrons. The SMILES string of the molecule is CCc1sc[n+](CC(=O)N2CCCC2)c1CC. The first-order chi connectivity index (χ1) is 8.26. The number of likely N-dealkylation sites (tertiary alicyclic amines) is 1. The Balaban J connectivity index is 2.07. The summed E-state index contributed by atoms with van der Waals surface area (Å²) in [5, 5.41) is 0. The fourth-order valence-electron chi connectivity index (χ4n) is 2.45. The first-order valence-electron chi connectivity index (χ1n) is 6.52. The summed E-state index contributed by atoms with van der Waals surface area (Å²) in [5.74, 6) is 0.280. The van der Waals surface area contributed by atoms with Crippen molar-refractivity contribution >= 4 is 17.2 Å². The van der Waals surface area contributed by atoms with Gasteiger partial charge in [-0.15, -0.1) is 0 Å². The Morgan fingerprint density at radius 1 is 1.35 bits per heavy atom. The second kappa shape index (κ2) is 5.63. The predicted octanol–water partition coefficient (Wildman–Crippen LogP) is 1.78. The number of carbonyl (C=O) groups is 1. The van der Waals surface area contributed by atoms with Gasteiger partial charge in [0.15, 0.2) is 5.69 Å². The molecule has 1 aliphatic heterocycles. The van der Waals surface area contributed by atoms with E-state index in [9.17, 15) is 4.79 Å². The molecular formula is C13H21N2OS+. The average Bonchev–Trinajstić information content (AvgIpc) is 2.97.